The highest BCUT2D eigenvalue weighted by Crippen LogP contribution is 2.32. The summed E-state index contributed by atoms with van der Waals surface area (Å²) in [5.74, 6) is -0.220. The van der Waals surface area contributed by atoms with Gasteiger partial charge in [0.1, 0.15) is 11.8 Å². The molecule has 0 spiro atoms. The summed E-state index contributed by atoms with van der Waals surface area (Å²) in [6.45, 7) is 1.61. The number of sulfonamides is 1. The predicted octanol–water partition coefficient (Wildman–Crippen LogP) is 0.895. The number of methoxy groups -OCH3 is 1. The van der Waals surface area contributed by atoms with E-state index >= 15 is 0 Å². The van der Waals surface area contributed by atoms with Gasteiger partial charge in [-0.25, -0.2) is 8.42 Å². The van der Waals surface area contributed by atoms with Crippen molar-refractivity contribution in [3.05, 3.63) is 18.2 Å². The summed E-state index contributed by atoms with van der Waals surface area (Å²) in [6, 6.07) is 3.54. The van der Waals surface area contributed by atoms with Crippen LogP contribution in [0.5, 0.6) is 5.75 Å². The van der Waals surface area contributed by atoms with Crippen molar-refractivity contribution in [2.24, 2.45) is 0 Å². The first-order chi connectivity index (χ1) is 11.7. The van der Waals surface area contributed by atoms with Crippen LogP contribution in [0.25, 0.3) is 0 Å². The van der Waals surface area contributed by atoms with Gasteiger partial charge in [0.2, 0.25) is 21.8 Å². The Bertz CT molecular complexity index is 776. The van der Waals surface area contributed by atoms with Crippen LogP contribution in [0, 0.1) is 0 Å². The van der Waals surface area contributed by atoms with Gasteiger partial charge in [0.25, 0.3) is 0 Å². The van der Waals surface area contributed by atoms with E-state index in [2.05, 4.69) is 5.32 Å². The summed E-state index contributed by atoms with van der Waals surface area (Å²) >= 11 is 0. The molecule has 1 unspecified atom stereocenters. The molecule has 9 heteroatoms. The Hall–Kier alpha value is -2.13. The molecule has 1 aliphatic rings. The van der Waals surface area contributed by atoms with Gasteiger partial charge in [-0.05, 0) is 31.0 Å². The van der Waals surface area contributed by atoms with Crippen LogP contribution in [0.1, 0.15) is 19.8 Å². The third kappa shape index (κ3) is 3.93. The van der Waals surface area contributed by atoms with E-state index in [1.165, 1.54) is 41.4 Å². The molecule has 0 radical (unpaired) electrons. The SMILES string of the molecule is COc1ccc(S(=O)(=O)N2CCCC2C(=O)N(C)C)cc1NC(C)=O. The van der Waals surface area contributed by atoms with Gasteiger partial charge in [-0.15, -0.1) is 0 Å². The molecule has 1 atom stereocenters. The van der Waals surface area contributed by atoms with Gasteiger partial charge >= 0.3 is 0 Å². The fourth-order valence-corrected chi connectivity index (χ4v) is 4.52. The van der Waals surface area contributed by atoms with E-state index < -0.39 is 16.1 Å². The highest BCUT2D eigenvalue weighted by atomic mass is 32.2. The number of anilines is 1. The van der Waals surface area contributed by atoms with E-state index in [1.54, 1.807) is 14.1 Å². The number of hydrogen-bond acceptors (Lipinski definition) is 5. The Balaban J connectivity index is 2.42. The fraction of sp³-hybridized carbons (Fsp3) is 0.500. The second kappa shape index (κ2) is 7.40. The lowest BCUT2D eigenvalue weighted by atomic mass is 10.2. The van der Waals surface area contributed by atoms with Gasteiger partial charge < -0.3 is 15.0 Å². The molecule has 0 aromatic heterocycles. The van der Waals surface area contributed by atoms with Gasteiger partial charge in [-0.2, -0.15) is 4.31 Å². The Kier molecular flexibility index (Phi) is 5.69. The van der Waals surface area contributed by atoms with Crippen LogP contribution >= 0.6 is 0 Å². The van der Waals surface area contributed by atoms with E-state index in [9.17, 15) is 18.0 Å². The smallest absolute Gasteiger partial charge is 0.243 e. The molecule has 1 aromatic rings. The molecule has 1 heterocycles. The largest absolute Gasteiger partial charge is 0.495 e. The van der Waals surface area contributed by atoms with Crippen molar-refractivity contribution in [3.63, 3.8) is 0 Å². The Morgan fingerprint density at radius 1 is 1.32 bits per heavy atom. The maximum absolute atomic E-state index is 13.0. The number of nitrogens with one attached hydrogen (secondary N) is 1. The van der Waals surface area contributed by atoms with Crippen molar-refractivity contribution in [2.75, 3.05) is 33.1 Å². The highest BCUT2D eigenvalue weighted by molar-refractivity contribution is 7.89. The van der Waals surface area contributed by atoms with E-state index in [4.69, 9.17) is 4.74 Å². The van der Waals surface area contributed by atoms with E-state index in [0.717, 1.165) is 0 Å². The zero-order valence-electron chi connectivity index (χ0n) is 14.8. The molecular formula is C16H23N3O5S. The van der Waals surface area contributed by atoms with Gasteiger partial charge in [-0.1, -0.05) is 0 Å². The average molecular weight is 369 g/mol. The first kappa shape index (κ1) is 19.2. The number of benzene rings is 1. The van der Waals surface area contributed by atoms with Crippen LogP contribution in [0.3, 0.4) is 0 Å². The molecule has 2 amide bonds. The molecule has 0 saturated carbocycles. The lowest BCUT2D eigenvalue weighted by Gasteiger charge is -2.26. The molecule has 2 rings (SSSR count). The van der Waals surface area contributed by atoms with Crippen molar-refractivity contribution in [3.8, 4) is 5.75 Å². The Morgan fingerprint density at radius 3 is 2.56 bits per heavy atom. The molecule has 1 N–H and O–H groups in total. The minimum atomic E-state index is -3.87. The number of amides is 2. The van der Waals surface area contributed by atoms with Gasteiger partial charge in [0.15, 0.2) is 0 Å². The Morgan fingerprint density at radius 2 is 2.00 bits per heavy atom. The summed E-state index contributed by atoms with van der Waals surface area (Å²) in [5, 5.41) is 2.56. The molecule has 1 aliphatic heterocycles. The Labute approximate surface area is 147 Å². The van der Waals surface area contributed by atoms with Crippen LogP contribution in [0.2, 0.25) is 0 Å². The zero-order valence-corrected chi connectivity index (χ0v) is 15.6. The number of nitrogens with zero attached hydrogens (tertiary/aromatic N) is 2. The van der Waals surface area contributed by atoms with Gasteiger partial charge in [0, 0.05) is 27.6 Å². The number of hydrogen-bond donors (Lipinski definition) is 1. The molecule has 0 aliphatic carbocycles. The van der Waals surface area contributed by atoms with E-state index in [1.807, 2.05) is 0 Å². The van der Waals surface area contributed by atoms with Gasteiger partial charge in [0.05, 0.1) is 17.7 Å². The number of rotatable bonds is 5. The topological polar surface area (TPSA) is 96.0 Å². The molecule has 138 valence electrons. The number of ether oxygens (including phenoxy) is 1. The average Bonchev–Trinajstić information content (AvgIpc) is 3.03. The number of carbonyl (C=O) groups is 2. The van der Waals surface area contributed by atoms with Crippen molar-refractivity contribution in [1.82, 2.24) is 9.21 Å². The molecule has 1 aromatic carbocycles. The number of carbonyl (C=O) groups excluding carboxylic acids is 2. The highest BCUT2D eigenvalue weighted by Gasteiger charge is 2.40. The quantitative estimate of drug-likeness (QED) is 0.832. The van der Waals surface area contributed by atoms with Crippen molar-refractivity contribution in [2.45, 2.75) is 30.7 Å². The second-order valence-corrected chi connectivity index (χ2v) is 7.94. The van der Waals surface area contributed by atoms with Crippen LogP contribution in [-0.4, -0.2) is 63.2 Å². The standard InChI is InChI=1S/C16H23N3O5S/c1-11(20)17-13-10-12(7-8-15(13)24-4)25(22,23)19-9-5-6-14(19)16(21)18(2)3/h7-8,10,14H,5-6,9H2,1-4H3,(H,17,20). The predicted molar refractivity (Wildman–Crippen MR) is 92.9 cm³/mol. The second-order valence-electron chi connectivity index (χ2n) is 6.05. The van der Waals surface area contributed by atoms with E-state index in [0.29, 0.717) is 18.6 Å². The van der Waals surface area contributed by atoms with Crippen LogP contribution < -0.4 is 10.1 Å². The van der Waals surface area contributed by atoms with Gasteiger partial charge in [-0.3, -0.25) is 9.59 Å². The third-order valence-electron chi connectivity index (χ3n) is 4.02. The van der Waals surface area contributed by atoms with Crippen molar-refractivity contribution in [1.29, 1.82) is 0 Å². The molecule has 0 bridgehead atoms. The molecule has 1 fully saturated rings. The zero-order chi connectivity index (χ0) is 18.8. The molecule has 8 nitrogen and oxygen atoms in total. The maximum Gasteiger partial charge on any atom is 0.243 e. The van der Waals surface area contributed by atoms with Crippen LogP contribution in [0.4, 0.5) is 5.69 Å². The lowest BCUT2D eigenvalue weighted by molar-refractivity contribution is -0.132. The monoisotopic (exact) mass is 369 g/mol. The fourth-order valence-electron chi connectivity index (χ4n) is 2.84. The summed E-state index contributed by atoms with van der Waals surface area (Å²) in [5.41, 5.74) is 0.269. The minimum Gasteiger partial charge on any atom is -0.495 e. The van der Waals surface area contributed by atoms with E-state index in [-0.39, 0.29) is 28.9 Å². The summed E-state index contributed by atoms with van der Waals surface area (Å²) in [7, 11) is 0.771. The lowest BCUT2D eigenvalue weighted by Crippen LogP contribution is -2.45. The maximum atomic E-state index is 13.0. The summed E-state index contributed by atoms with van der Waals surface area (Å²) in [6.07, 6.45) is 1.11. The van der Waals surface area contributed by atoms with Crippen molar-refractivity contribution >= 4 is 27.5 Å². The third-order valence-corrected chi connectivity index (χ3v) is 5.92. The summed E-state index contributed by atoms with van der Waals surface area (Å²) in [4.78, 5) is 25.0. The van der Waals surface area contributed by atoms with Crippen molar-refractivity contribution < 1.29 is 22.7 Å². The van der Waals surface area contributed by atoms with Crippen LogP contribution in [0.15, 0.2) is 23.1 Å². The normalized spacial score (nSPS) is 18.0. The number of likely N-dealkylation sites (N-methyl/N-ethyl adjacent to an activating group) is 1. The molecular weight excluding hydrogens is 346 g/mol. The molecule has 25 heavy (non-hydrogen) atoms. The van der Waals surface area contributed by atoms with Crippen LogP contribution in [-0.2, 0) is 19.6 Å². The minimum absolute atomic E-state index is 0.00973. The molecule has 1 saturated heterocycles. The summed E-state index contributed by atoms with van der Waals surface area (Å²) < 4.78 is 32.4. The first-order valence-corrected chi connectivity index (χ1v) is 9.31. The first-order valence-electron chi connectivity index (χ1n) is 7.87.